The van der Waals surface area contributed by atoms with E-state index in [0.29, 0.717) is 10.3 Å². The van der Waals surface area contributed by atoms with Crippen LogP contribution in [0.15, 0.2) is 23.2 Å². The molecule has 0 aromatic carbocycles. The Morgan fingerprint density at radius 1 is 1.54 bits per heavy atom. The summed E-state index contributed by atoms with van der Waals surface area (Å²) in [5.74, 6) is -1.03. The molecule has 0 radical (unpaired) electrons. The van der Waals surface area contributed by atoms with Crippen LogP contribution in [0, 0.1) is 0 Å². The first kappa shape index (κ1) is 8.18. The number of hydrogen-bond donors (Lipinski definition) is 1. The summed E-state index contributed by atoms with van der Waals surface area (Å²) in [7, 11) is 0. The molecule has 0 saturated carbocycles. The second-order valence-electron chi connectivity index (χ2n) is 2.39. The van der Waals surface area contributed by atoms with Gasteiger partial charge in [0, 0.05) is 6.20 Å². The number of halogens is 1. The largest absolute Gasteiger partial charge is 0.477 e. The number of carbonyl (C=O) groups is 1. The summed E-state index contributed by atoms with van der Waals surface area (Å²) in [5, 5.41) is 8.79. The van der Waals surface area contributed by atoms with Gasteiger partial charge < -0.3 is 5.11 Å². The van der Waals surface area contributed by atoms with Crippen molar-refractivity contribution < 1.29 is 9.90 Å². The number of nitrogens with zero attached hydrogens (tertiary/aromatic N) is 3. The topological polar surface area (TPSA) is 67.5 Å². The predicted molar refractivity (Wildman–Crippen MR) is 47.6 cm³/mol. The van der Waals surface area contributed by atoms with E-state index in [-0.39, 0.29) is 5.69 Å². The van der Waals surface area contributed by atoms with Crippen molar-refractivity contribution in [3.05, 3.63) is 28.9 Å². The van der Waals surface area contributed by atoms with E-state index in [1.54, 1.807) is 6.20 Å². The fourth-order valence-corrected chi connectivity index (χ4v) is 1.43. The Bertz CT molecular complexity index is 480. The predicted octanol–water partition coefficient (Wildman–Crippen LogP) is 1.19. The Morgan fingerprint density at radius 3 is 3.00 bits per heavy atom. The minimum atomic E-state index is -1.03. The van der Waals surface area contributed by atoms with Crippen LogP contribution < -0.4 is 0 Å². The number of carboxylic acid groups (broad SMARTS) is 1. The first-order valence-electron chi connectivity index (χ1n) is 3.40. The zero-order valence-electron chi connectivity index (χ0n) is 6.31. The molecule has 66 valence electrons. The van der Waals surface area contributed by atoms with E-state index in [1.165, 1.54) is 16.8 Å². The molecular formula is C7H4BrN3O2. The minimum absolute atomic E-state index is 0.0932. The van der Waals surface area contributed by atoms with Crippen molar-refractivity contribution in [2.75, 3.05) is 0 Å². The van der Waals surface area contributed by atoms with Crippen molar-refractivity contribution in [1.29, 1.82) is 0 Å². The first-order valence-corrected chi connectivity index (χ1v) is 4.19. The van der Waals surface area contributed by atoms with Gasteiger partial charge in [0.2, 0.25) is 0 Å². The molecule has 2 heterocycles. The van der Waals surface area contributed by atoms with Crippen molar-refractivity contribution >= 4 is 27.5 Å². The van der Waals surface area contributed by atoms with Gasteiger partial charge in [-0.1, -0.05) is 0 Å². The number of carboxylic acids is 1. The van der Waals surface area contributed by atoms with Crippen molar-refractivity contribution in [3.63, 3.8) is 0 Å². The van der Waals surface area contributed by atoms with Gasteiger partial charge in [0.05, 0.1) is 12.4 Å². The molecule has 2 aromatic heterocycles. The summed E-state index contributed by atoms with van der Waals surface area (Å²) in [4.78, 5) is 18.5. The smallest absolute Gasteiger partial charge is 0.354 e. The lowest BCUT2D eigenvalue weighted by molar-refractivity contribution is 0.0688. The number of imidazole rings is 1. The highest BCUT2D eigenvalue weighted by molar-refractivity contribution is 9.10. The Morgan fingerprint density at radius 2 is 2.31 bits per heavy atom. The van der Waals surface area contributed by atoms with Gasteiger partial charge in [-0.05, 0) is 15.9 Å². The molecule has 1 N–H and O–H groups in total. The van der Waals surface area contributed by atoms with E-state index in [2.05, 4.69) is 25.9 Å². The number of rotatable bonds is 1. The van der Waals surface area contributed by atoms with Gasteiger partial charge in [0.15, 0.2) is 11.3 Å². The molecule has 0 amide bonds. The third-order valence-electron chi connectivity index (χ3n) is 1.57. The molecule has 0 spiro atoms. The van der Waals surface area contributed by atoms with Crippen molar-refractivity contribution in [2.45, 2.75) is 0 Å². The van der Waals surface area contributed by atoms with Gasteiger partial charge in [-0.2, -0.15) is 0 Å². The average molecular weight is 242 g/mol. The highest BCUT2D eigenvalue weighted by atomic mass is 79.9. The number of fused-ring (bicyclic) bond motifs is 1. The molecule has 0 fully saturated rings. The van der Waals surface area contributed by atoms with E-state index in [9.17, 15) is 4.79 Å². The van der Waals surface area contributed by atoms with Crippen LogP contribution in [0.4, 0.5) is 0 Å². The molecule has 0 aliphatic heterocycles. The van der Waals surface area contributed by atoms with Gasteiger partial charge in [-0.15, -0.1) is 0 Å². The monoisotopic (exact) mass is 241 g/mol. The van der Waals surface area contributed by atoms with Crippen molar-refractivity contribution in [1.82, 2.24) is 14.4 Å². The van der Waals surface area contributed by atoms with Crippen LogP contribution in [-0.4, -0.2) is 25.4 Å². The van der Waals surface area contributed by atoms with Gasteiger partial charge in [0.25, 0.3) is 0 Å². The lowest BCUT2D eigenvalue weighted by atomic mass is 10.4. The summed E-state index contributed by atoms with van der Waals surface area (Å²) in [6.07, 6.45) is 4.36. The van der Waals surface area contributed by atoms with E-state index < -0.39 is 5.97 Å². The number of aromatic nitrogens is 3. The lowest BCUT2D eigenvalue weighted by Gasteiger charge is -1.96. The van der Waals surface area contributed by atoms with Crippen molar-refractivity contribution in [2.24, 2.45) is 0 Å². The lowest BCUT2D eigenvalue weighted by Crippen LogP contribution is -2.04. The van der Waals surface area contributed by atoms with Crippen molar-refractivity contribution in [3.8, 4) is 0 Å². The van der Waals surface area contributed by atoms with Crippen LogP contribution in [0.1, 0.15) is 10.5 Å². The Balaban J connectivity index is 2.82. The van der Waals surface area contributed by atoms with E-state index >= 15 is 0 Å². The molecular weight excluding hydrogens is 238 g/mol. The molecule has 2 rings (SSSR count). The molecule has 0 aliphatic rings. The van der Waals surface area contributed by atoms with Gasteiger partial charge in [-0.3, -0.25) is 9.38 Å². The summed E-state index contributed by atoms with van der Waals surface area (Å²) >= 11 is 3.16. The maximum atomic E-state index is 10.7. The maximum absolute atomic E-state index is 10.7. The third kappa shape index (κ3) is 1.29. The second kappa shape index (κ2) is 2.81. The molecule has 0 bridgehead atoms. The first-order chi connectivity index (χ1) is 6.18. The number of aromatic carboxylic acids is 1. The highest BCUT2D eigenvalue weighted by Gasteiger charge is 2.09. The molecule has 0 aliphatic carbocycles. The second-order valence-corrected chi connectivity index (χ2v) is 3.20. The van der Waals surface area contributed by atoms with Crippen LogP contribution in [0.2, 0.25) is 0 Å². The van der Waals surface area contributed by atoms with E-state index in [0.717, 1.165) is 0 Å². The highest BCUT2D eigenvalue weighted by Crippen LogP contribution is 2.11. The Hall–Kier alpha value is -1.43. The van der Waals surface area contributed by atoms with E-state index in [1.807, 2.05) is 0 Å². The molecule has 0 unspecified atom stereocenters. The quantitative estimate of drug-likeness (QED) is 0.815. The molecule has 5 nitrogen and oxygen atoms in total. The Kier molecular flexibility index (Phi) is 1.77. The third-order valence-corrected chi connectivity index (χ3v) is 1.95. The zero-order chi connectivity index (χ0) is 9.42. The molecule has 2 aromatic rings. The summed E-state index contributed by atoms with van der Waals surface area (Å²) in [6, 6.07) is 0. The molecule has 0 atom stereocenters. The van der Waals surface area contributed by atoms with E-state index in [4.69, 9.17) is 5.11 Å². The van der Waals surface area contributed by atoms with Gasteiger partial charge in [0.1, 0.15) is 4.60 Å². The standard InChI is InChI=1S/C7H4BrN3O2/c8-5-3-11-4(7(12)13)1-9-2-6(11)10-5/h1-3H,(H,12,13). The van der Waals surface area contributed by atoms with Crippen LogP contribution in [0.3, 0.4) is 0 Å². The Labute approximate surface area is 81.2 Å². The summed E-state index contributed by atoms with van der Waals surface area (Å²) < 4.78 is 2.04. The van der Waals surface area contributed by atoms with Crippen LogP contribution in [0.5, 0.6) is 0 Å². The van der Waals surface area contributed by atoms with Crippen LogP contribution in [-0.2, 0) is 0 Å². The fourth-order valence-electron chi connectivity index (χ4n) is 1.04. The average Bonchev–Trinajstić information content (AvgIpc) is 2.43. The summed E-state index contributed by atoms with van der Waals surface area (Å²) in [5.41, 5.74) is 0.600. The van der Waals surface area contributed by atoms with Gasteiger partial charge in [-0.25, -0.2) is 9.78 Å². The molecule has 6 heteroatoms. The zero-order valence-corrected chi connectivity index (χ0v) is 7.89. The minimum Gasteiger partial charge on any atom is -0.477 e. The van der Waals surface area contributed by atoms with Crippen LogP contribution in [0.25, 0.3) is 5.65 Å². The van der Waals surface area contributed by atoms with Gasteiger partial charge >= 0.3 is 5.97 Å². The molecule has 13 heavy (non-hydrogen) atoms. The molecule has 0 saturated heterocycles. The fraction of sp³-hybridized carbons (Fsp3) is 0. The normalized spacial score (nSPS) is 10.5. The summed E-state index contributed by atoms with van der Waals surface area (Å²) in [6.45, 7) is 0. The maximum Gasteiger partial charge on any atom is 0.354 e. The number of hydrogen-bond acceptors (Lipinski definition) is 3. The van der Waals surface area contributed by atoms with Crippen LogP contribution >= 0.6 is 15.9 Å². The SMILES string of the molecule is O=C(O)c1cncc2nc(Br)cn12.